The van der Waals surface area contributed by atoms with E-state index in [1.807, 2.05) is 0 Å². The molecule has 0 saturated heterocycles. The van der Waals surface area contributed by atoms with E-state index in [1.165, 1.54) is 0 Å². The Morgan fingerprint density at radius 3 is 1.45 bits per heavy atom. The van der Waals surface area contributed by atoms with E-state index in [0.29, 0.717) is 21.2 Å². The maximum atomic E-state index is 11.7. The van der Waals surface area contributed by atoms with Crippen molar-refractivity contribution >= 4 is 35.0 Å². The Kier molecular flexibility index (Phi) is 9.37. The number of rotatable bonds is 10. The second kappa shape index (κ2) is 11.7. The molecule has 0 heterocycles. The van der Waals surface area contributed by atoms with Gasteiger partial charge in [-0.15, -0.1) is 0 Å². The van der Waals surface area contributed by atoms with Crippen molar-refractivity contribution in [1.29, 1.82) is 0 Å². The molecule has 2 rings (SSSR count). The van der Waals surface area contributed by atoms with E-state index in [4.69, 9.17) is 27.9 Å². The fourth-order valence-corrected chi connectivity index (χ4v) is 2.62. The number of carbonyl (C=O) groups is 2. The Balaban J connectivity index is 1.60. The van der Waals surface area contributed by atoms with Crippen molar-refractivity contribution in [3.8, 4) is 0 Å². The normalized spacial score (nSPS) is 12.8. The smallest absolute Gasteiger partial charge is 0.246 e. The summed E-state index contributed by atoms with van der Waals surface area (Å²) >= 11 is 11.6. The zero-order valence-corrected chi connectivity index (χ0v) is 17.0. The van der Waals surface area contributed by atoms with E-state index in [9.17, 15) is 19.8 Å². The standard InChI is InChI=1S/C20H22Cl2N2O5/c21-15-5-1-13(2-6-15)17(25)9-23-19(27)11-29-12-20(28)24-10-18(26)14-3-7-16(22)8-4-14/h1-8,17-18,25-26H,9-12H2,(H,23,27)(H,24,28)/t17-,18-/m1/s1. The van der Waals surface area contributed by atoms with Crippen molar-refractivity contribution in [2.24, 2.45) is 0 Å². The summed E-state index contributed by atoms with van der Waals surface area (Å²) in [6.45, 7) is -0.659. The first kappa shape index (κ1) is 23.1. The molecule has 0 aliphatic heterocycles. The van der Waals surface area contributed by atoms with Gasteiger partial charge in [-0.1, -0.05) is 47.5 Å². The summed E-state index contributed by atoms with van der Waals surface area (Å²) < 4.78 is 5.04. The fourth-order valence-electron chi connectivity index (χ4n) is 2.37. The quantitative estimate of drug-likeness (QED) is 0.451. The second-order valence-corrected chi connectivity index (χ2v) is 7.11. The molecule has 2 atom stereocenters. The average molecular weight is 441 g/mol. The summed E-state index contributed by atoms with van der Waals surface area (Å²) in [6, 6.07) is 13.2. The van der Waals surface area contributed by atoms with Crippen molar-refractivity contribution in [3.63, 3.8) is 0 Å². The lowest BCUT2D eigenvalue weighted by molar-refractivity contribution is -0.131. The SMILES string of the molecule is O=C(COCC(=O)NC[C@@H](O)c1ccc(Cl)cc1)NC[C@@H](O)c1ccc(Cl)cc1. The number of carbonyl (C=O) groups excluding carboxylic acids is 2. The van der Waals surface area contributed by atoms with Gasteiger partial charge in [0.1, 0.15) is 13.2 Å². The van der Waals surface area contributed by atoms with Gasteiger partial charge in [0.15, 0.2) is 0 Å². The molecule has 0 unspecified atom stereocenters. The number of benzene rings is 2. The highest BCUT2D eigenvalue weighted by molar-refractivity contribution is 6.30. The minimum absolute atomic E-state index is 0.00328. The molecule has 0 aromatic heterocycles. The maximum Gasteiger partial charge on any atom is 0.246 e. The van der Waals surface area contributed by atoms with Gasteiger partial charge in [0.2, 0.25) is 11.8 Å². The van der Waals surface area contributed by atoms with Crippen LogP contribution in [0.1, 0.15) is 23.3 Å². The lowest BCUT2D eigenvalue weighted by Crippen LogP contribution is -2.35. The largest absolute Gasteiger partial charge is 0.387 e. The first-order chi connectivity index (χ1) is 13.8. The Morgan fingerprint density at radius 2 is 1.10 bits per heavy atom. The second-order valence-electron chi connectivity index (χ2n) is 6.24. The molecule has 0 bridgehead atoms. The van der Waals surface area contributed by atoms with Gasteiger partial charge in [0.05, 0.1) is 12.2 Å². The molecule has 0 aliphatic carbocycles. The minimum Gasteiger partial charge on any atom is -0.387 e. The lowest BCUT2D eigenvalue weighted by Gasteiger charge is -2.13. The zero-order chi connectivity index (χ0) is 21.2. The van der Waals surface area contributed by atoms with Crippen LogP contribution in [0.5, 0.6) is 0 Å². The van der Waals surface area contributed by atoms with Crippen molar-refractivity contribution in [1.82, 2.24) is 10.6 Å². The van der Waals surface area contributed by atoms with Gasteiger partial charge in [-0.05, 0) is 35.4 Å². The fraction of sp³-hybridized carbons (Fsp3) is 0.300. The Labute approximate surface area is 178 Å². The average Bonchev–Trinajstić information content (AvgIpc) is 2.71. The zero-order valence-electron chi connectivity index (χ0n) is 15.5. The number of nitrogens with one attached hydrogen (secondary N) is 2. The Hall–Kier alpha value is -2.16. The van der Waals surface area contributed by atoms with Gasteiger partial charge in [0, 0.05) is 23.1 Å². The molecule has 156 valence electrons. The molecule has 9 heteroatoms. The number of ether oxygens (including phenoxy) is 1. The molecule has 0 radical (unpaired) electrons. The van der Waals surface area contributed by atoms with E-state index in [2.05, 4.69) is 10.6 Å². The van der Waals surface area contributed by atoms with Crippen LogP contribution in [0.25, 0.3) is 0 Å². The number of aliphatic hydroxyl groups excluding tert-OH is 2. The third-order valence-corrected chi connectivity index (χ3v) is 4.46. The van der Waals surface area contributed by atoms with Gasteiger partial charge in [0.25, 0.3) is 0 Å². The Bertz CT molecular complexity index is 732. The van der Waals surface area contributed by atoms with E-state index >= 15 is 0 Å². The van der Waals surface area contributed by atoms with Crippen LogP contribution in [0, 0.1) is 0 Å². The van der Waals surface area contributed by atoms with Crippen LogP contribution < -0.4 is 10.6 Å². The first-order valence-electron chi connectivity index (χ1n) is 8.83. The minimum atomic E-state index is -0.881. The van der Waals surface area contributed by atoms with Gasteiger partial charge >= 0.3 is 0 Å². The molecule has 0 spiro atoms. The molecular weight excluding hydrogens is 419 g/mol. The van der Waals surface area contributed by atoms with E-state index < -0.39 is 24.0 Å². The van der Waals surface area contributed by atoms with Crippen LogP contribution in [0.3, 0.4) is 0 Å². The number of amides is 2. The van der Waals surface area contributed by atoms with Crippen LogP contribution in [0.4, 0.5) is 0 Å². The van der Waals surface area contributed by atoms with Crippen LogP contribution >= 0.6 is 23.2 Å². The highest BCUT2D eigenvalue weighted by Crippen LogP contribution is 2.16. The van der Waals surface area contributed by atoms with E-state index in [-0.39, 0.29) is 26.3 Å². The van der Waals surface area contributed by atoms with Crippen LogP contribution in [-0.2, 0) is 14.3 Å². The van der Waals surface area contributed by atoms with Crippen LogP contribution in [0.2, 0.25) is 10.0 Å². The van der Waals surface area contributed by atoms with Crippen LogP contribution in [-0.4, -0.2) is 48.3 Å². The highest BCUT2D eigenvalue weighted by atomic mass is 35.5. The first-order valence-corrected chi connectivity index (χ1v) is 9.59. The molecule has 0 saturated carbocycles. The van der Waals surface area contributed by atoms with Gasteiger partial charge in [-0.2, -0.15) is 0 Å². The third-order valence-electron chi connectivity index (χ3n) is 3.96. The molecule has 0 fully saturated rings. The Morgan fingerprint density at radius 1 is 0.759 bits per heavy atom. The molecule has 29 heavy (non-hydrogen) atoms. The molecular formula is C20H22Cl2N2O5. The number of hydrogen-bond donors (Lipinski definition) is 4. The predicted molar refractivity (Wildman–Crippen MR) is 110 cm³/mol. The molecule has 0 aliphatic rings. The van der Waals surface area contributed by atoms with Gasteiger partial charge in [-0.25, -0.2) is 0 Å². The van der Waals surface area contributed by atoms with Gasteiger partial charge in [-0.3, -0.25) is 9.59 Å². The van der Waals surface area contributed by atoms with Crippen molar-refractivity contribution < 1.29 is 24.5 Å². The summed E-state index contributed by atoms with van der Waals surface area (Å²) in [4.78, 5) is 23.5. The van der Waals surface area contributed by atoms with Gasteiger partial charge < -0.3 is 25.6 Å². The topological polar surface area (TPSA) is 108 Å². The molecule has 4 N–H and O–H groups in total. The molecule has 7 nitrogen and oxygen atoms in total. The molecule has 2 aromatic carbocycles. The number of hydrogen-bond acceptors (Lipinski definition) is 5. The van der Waals surface area contributed by atoms with E-state index in [0.717, 1.165) is 0 Å². The number of halogens is 2. The third kappa shape index (κ3) is 8.39. The summed E-state index contributed by atoms with van der Waals surface area (Å²) in [5, 5.41) is 26.2. The monoisotopic (exact) mass is 440 g/mol. The van der Waals surface area contributed by atoms with E-state index in [1.54, 1.807) is 48.5 Å². The highest BCUT2D eigenvalue weighted by Gasteiger charge is 2.12. The van der Waals surface area contributed by atoms with Crippen LogP contribution in [0.15, 0.2) is 48.5 Å². The van der Waals surface area contributed by atoms with Crippen molar-refractivity contribution in [2.75, 3.05) is 26.3 Å². The maximum absolute atomic E-state index is 11.7. The number of aliphatic hydroxyl groups is 2. The molecule has 2 aromatic rings. The predicted octanol–water partition coefficient (Wildman–Crippen LogP) is 2.01. The molecule has 2 amide bonds. The van der Waals surface area contributed by atoms with Crippen molar-refractivity contribution in [3.05, 3.63) is 69.7 Å². The summed E-state index contributed by atoms with van der Waals surface area (Å²) in [6.07, 6.45) is -1.76. The van der Waals surface area contributed by atoms with Crippen molar-refractivity contribution in [2.45, 2.75) is 12.2 Å². The summed E-state index contributed by atoms with van der Waals surface area (Å²) in [5.74, 6) is -0.931. The lowest BCUT2D eigenvalue weighted by atomic mass is 10.1. The summed E-state index contributed by atoms with van der Waals surface area (Å²) in [7, 11) is 0. The summed E-state index contributed by atoms with van der Waals surface area (Å²) in [5.41, 5.74) is 1.24.